The SMILES string of the molecule is CCC(CC)(CC)C(CC)(CC1OCC(c2ccccc2)CO1)CP(=O)(O)O. The first-order valence-corrected chi connectivity index (χ1v) is 12.4. The fourth-order valence-electron chi connectivity index (χ4n) is 5.25. The van der Waals surface area contributed by atoms with E-state index in [1.807, 2.05) is 25.1 Å². The van der Waals surface area contributed by atoms with E-state index in [-0.39, 0.29) is 17.5 Å². The van der Waals surface area contributed by atoms with E-state index in [4.69, 9.17) is 9.47 Å². The van der Waals surface area contributed by atoms with Crippen molar-refractivity contribution >= 4 is 7.60 Å². The number of rotatable bonds is 10. The van der Waals surface area contributed by atoms with E-state index in [1.165, 1.54) is 5.56 Å². The molecular formula is C22H37O5P. The maximum absolute atomic E-state index is 12.1. The standard InChI is InChI=1S/C22H37O5P/c1-5-21(6-2,7-3)22(8-4,17-28(23,24)25)14-20-26-15-19(16-27-20)18-12-10-9-11-13-18/h9-13,19-20H,5-8,14-17H2,1-4H3,(H2,23,24,25). The Bertz CT molecular complexity index is 623. The highest BCUT2D eigenvalue weighted by molar-refractivity contribution is 7.51. The minimum Gasteiger partial charge on any atom is -0.352 e. The molecule has 0 radical (unpaired) electrons. The summed E-state index contributed by atoms with van der Waals surface area (Å²) in [5.41, 5.74) is 0.531. The van der Waals surface area contributed by atoms with E-state index in [2.05, 4.69) is 32.9 Å². The molecule has 6 heteroatoms. The van der Waals surface area contributed by atoms with Crippen molar-refractivity contribution in [1.29, 1.82) is 0 Å². The molecule has 5 nitrogen and oxygen atoms in total. The Hall–Kier alpha value is -0.710. The first-order valence-electron chi connectivity index (χ1n) is 10.6. The Kier molecular flexibility index (Phi) is 8.30. The van der Waals surface area contributed by atoms with Gasteiger partial charge in [0.1, 0.15) is 0 Å². The molecule has 0 saturated carbocycles. The Morgan fingerprint density at radius 1 is 0.929 bits per heavy atom. The summed E-state index contributed by atoms with van der Waals surface area (Å²) in [6.45, 7) is 9.58. The van der Waals surface area contributed by atoms with Crippen LogP contribution in [0, 0.1) is 10.8 Å². The molecule has 0 aromatic heterocycles. The molecule has 1 aliphatic heterocycles. The zero-order valence-corrected chi connectivity index (χ0v) is 18.7. The topological polar surface area (TPSA) is 76.0 Å². The molecule has 160 valence electrons. The molecule has 1 aromatic carbocycles. The van der Waals surface area contributed by atoms with Gasteiger partial charge in [-0.25, -0.2) is 0 Å². The lowest BCUT2D eigenvalue weighted by Gasteiger charge is -2.52. The zero-order valence-electron chi connectivity index (χ0n) is 17.8. The fraction of sp³-hybridized carbons (Fsp3) is 0.727. The molecule has 2 rings (SSSR count). The molecule has 1 atom stereocenters. The van der Waals surface area contributed by atoms with Crippen molar-refractivity contribution in [3.8, 4) is 0 Å². The summed E-state index contributed by atoms with van der Waals surface area (Å²) in [5.74, 6) is 0.198. The van der Waals surface area contributed by atoms with Gasteiger partial charge in [-0.05, 0) is 42.1 Å². The largest absolute Gasteiger partial charge is 0.352 e. The molecule has 0 aliphatic carbocycles. The summed E-state index contributed by atoms with van der Waals surface area (Å²) >= 11 is 0. The van der Waals surface area contributed by atoms with Crippen molar-refractivity contribution in [2.45, 2.75) is 72.0 Å². The molecule has 28 heavy (non-hydrogen) atoms. The van der Waals surface area contributed by atoms with Gasteiger partial charge in [-0.1, -0.05) is 58.0 Å². The first kappa shape index (κ1) is 23.6. The number of hydrogen-bond donors (Lipinski definition) is 2. The molecule has 1 aliphatic rings. The van der Waals surface area contributed by atoms with Crippen LogP contribution >= 0.6 is 7.60 Å². The van der Waals surface area contributed by atoms with Crippen molar-refractivity contribution in [3.05, 3.63) is 35.9 Å². The van der Waals surface area contributed by atoms with Gasteiger partial charge in [-0.3, -0.25) is 4.57 Å². The van der Waals surface area contributed by atoms with Crippen LogP contribution in [0.5, 0.6) is 0 Å². The van der Waals surface area contributed by atoms with Crippen LogP contribution in [-0.4, -0.2) is 35.5 Å². The van der Waals surface area contributed by atoms with Gasteiger partial charge in [0, 0.05) is 12.3 Å². The molecule has 0 spiro atoms. The van der Waals surface area contributed by atoms with Crippen LogP contribution in [0.3, 0.4) is 0 Å². The van der Waals surface area contributed by atoms with Crippen molar-refractivity contribution in [3.63, 3.8) is 0 Å². The number of benzene rings is 1. The summed E-state index contributed by atoms with van der Waals surface area (Å²) in [4.78, 5) is 19.8. The van der Waals surface area contributed by atoms with Crippen LogP contribution in [0.15, 0.2) is 30.3 Å². The van der Waals surface area contributed by atoms with Crippen LogP contribution in [0.2, 0.25) is 0 Å². The maximum Gasteiger partial charge on any atom is 0.326 e. The Morgan fingerprint density at radius 2 is 1.43 bits per heavy atom. The predicted octanol–water partition coefficient (Wildman–Crippen LogP) is 5.32. The van der Waals surface area contributed by atoms with Gasteiger partial charge in [-0.15, -0.1) is 0 Å². The summed E-state index contributed by atoms with van der Waals surface area (Å²) in [6.07, 6.45) is 3.32. The van der Waals surface area contributed by atoms with Crippen molar-refractivity contribution in [2.24, 2.45) is 10.8 Å². The second kappa shape index (κ2) is 9.86. The summed E-state index contributed by atoms with van der Waals surface area (Å²) in [5, 5.41) is 0. The Balaban J connectivity index is 2.20. The maximum atomic E-state index is 12.1. The third-order valence-electron chi connectivity index (χ3n) is 7.14. The number of hydrogen-bond acceptors (Lipinski definition) is 3. The van der Waals surface area contributed by atoms with Gasteiger partial charge >= 0.3 is 7.60 Å². The van der Waals surface area contributed by atoms with Crippen molar-refractivity contribution < 1.29 is 23.8 Å². The van der Waals surface area contributed by atoms with Gasteiger partial charge in [0.05, 0.1) is 19.4 Å². The van der Waals surface area contributed by atoms with E-state index >= 15 is 0 Å². The van der Waals surface area contributed by atoms with Gasteiger partial charge < -0.3 is 19.3 Å². The van der Waals surface area contributed by atoms with Crippen LogP contribution in [0.25, 0.3) is 0 Å². The van der Waals surface area contributed by atoms with Gasteiger partial charge in [0.15, 0.2) is 6.29 Å². The van der Waals surface area contributed by atoms with E-state index in [0.717, 1.165) is 19.3 Å². The van der Waals surface area contributed by atoms with E-state index in [9.17, 15) is 14.4 Å². The lowest BCUT2D eigenvalue weighted by molar-refractivity contribution is -0.211. The second-order valence-corrected chi connectivity index (χ2v) is 9.85. The first-order chi connectivity index (χ1) is 13.2. The monoisotopic (exact) mass is 412 g/mol. The third-order valence-corrected chi connectivity index (χ3v) is 8.15. The van der Waals surface area contributed by atoms with Crippen LogP contribution in [0.4, 0.5) is 0 Å². The van der Waals surface area contributed by atoms with Crippen molar-refractivity contribution in [1.82, 2.24) is 0 Å². The highest BCUT2D eigenvalue weighted by atomic mass is 31.2. The lowest BCUT2D eigenvalue weighted by atomic mass is 9.57. The predicted molar refractivity (Wildman–Crippen MR) is 112 cm³/mol. The Morgan fingerprint density at radius 3 is 1.86 bits per heavy atom. The highest BCUT2D eigenvalue weighted by Crippen LogP contribution is 2.59. The molecular weight excluding hydrogens is 375 g/mol. The molecule has 0 amide bonds. The molecule has 1 saturated heterocycles. The smallest absolute Gasteiger partial charge is 0.326 e. The molecule has 1 unspecified atom stereocenters. The van der Waals surface area contributed by atoms with E-state index in [1.54, 1.807) is 0 Å². The summed E-state index contributed by atoms with van der Waals surface area (Å²) in [7, 11) is -4.18. The zero-order chi connectivity index (χ0) is 20.8. The van der Waals surface area contributed by atoms with Gasteiger partial charge in [0.25, 0.3) is 0 Å². The normalized spacial score (nSPS) is 23.4. The molecule has 2 N–H and O–H groups in total. The van der Waals surface area contributed by atoms with Crippen LogP contribution in [0.1, 0.15) is 71.3 Å². The second-order valence-electron chi connectivity index (χ2n) is 8.21. The summed E-state index contributed by atoms with van der Waals surface area (Å²) in [6, 6.07) is 10.2. The van der Waals surface area contributed by atoms with Gasteiger partial charge in [-0.2, -0.15) is 0 Å². The average molecular weight is 413 g/mol. The molecule has 1 aromatic rings. The number of ether oxygens (including phenoxy) is 2. The van der Waals surface area contributed by atoms with Crippen LogP contribution < -0.4 is 0 Å². The Labute approximate surface area is 170 Å². The molecule has 1 heterocycles. The third kappa shape index (κ3) is 5.25. The fourth-order valence-corrected chi connectivity index (χ4v) is 6.72. The van der Waals surface area contributed by atoms with E-state index < -0.39 is 19.3 Å². The summed E-state index contributed by atoms with van der Waals surface area (Å²) < 4.78 is 24.2. The van der Waals surface area contributed by atoms with E-state index in [0.29, 0.717) is 26.1 Å². The minimum atomic E-state index is -4.18. The quantitative estimate of drug-likeness (QED) is 0.509. The minimum absolute atomic E-state index is 0.114. The molecule has 1 fully saturated rings. The molecule has 0 bridgehead atoms. The van der Waals surface area contributed by atoms with Gasteiger partial charge in [0.2, 0.25) is 0 Å². The van der Waals surface area contributed by atoms with Crippen LogP contribution in [-0.2, 0) is 14.0 Å². The lowest BCUT2D eigenvalue weighted by Crippen LogP contribution is -2.47. The highest BCUT2D eigenvalue weighted by Gasteiger charge is 2.51. The van der Waals surface area contributed by atoms with Crippen molar-refractivity contribution in [2.75, 3.05) is 19.4 Å². The average Bonchev–Trinajstić information content (AvgIpc) is 2.69.